The van der Waals surface area contributed by atoms with Crippen LogP contribution in [0.3, 0.4) is 0 Å². The smallest absolute Gasteiger partial charge is 0.316 e. The molecule has 2 aromatic rings. The number of carbonyl (C=O) groups excluding carboxylic acids is 1. The molecule has 0 unspecified atom stereocenters. The highest BCUT2D eigenvalue weighted by molar-refractivity contribution is 7.99. The SMILES string of the molecule is CCOC(=O)CSc1nccc(-c2ccc(CC)cn2)n1. The number of aromatic nitrogens is 3. The van der Waals surface area contributed by atoms with Gasteiger partial charge in [0.25, 0.3) is 0 Å². The minimum atomic E-state index is -0.262. The summed E-state index contributed by atoms with van der Waals surface area (Å²) in [6.45, 7) is 4.25. The van der Waals surface area contributed by atoms with Crippen molar-refractivity contribution < 1.29 is 9.53 Å². The summed E-state index contributed by atoms with van der Waals surface area (Å²) in [5.74, 6) is -0.0543. The number of hydrogen-bond donors (Lipinski definition) is 0. The van der Waals surface area contributed by atoms with Crippen LogP contribution in [-0.2, 0) is 16.0 Å². The van der Waals surface area contributed by atoms with Crippen LogP contribution in [0.2, 0.25) is 0 Å². The number of ether oxygens (including phenoxy) is 1. The molecule has 21 heavy (non-hydrogen) atoms. The van der Waals surface area contributed by atoms with Crippen molar-refractivity contribution in [3.05, 3.63) is 36.2 Å². The van der Waals surface area contributed by atoms with E-state index in [1.807, 2.05) is 24.4 Å². The summed E-state index contributed by atoms with van der Waals surface area (Å²) in [7, 11) is 0. The molecule has 0 saturated carbocycles. The van der Waals surface area contributed by atoms with Crippen LogP contribution in [0.5, 0.6) is 0 Å². The molecule has 0 bridgehead atoms. The first kappa shape index (κ1) is 15.4. The second-order valence-corrected chi connectivity index (χ2v) is 5.17. The van der Waals surface area contributed by atoms with Crippen molar-refractivity contribution in [3.63, 3.8) is 0 Å². The summed E-state index contributed by atoms with van der Waals surface area (Å²) in [4.78, 5) is 24.3. The molecule has 2 rings (SSSR count). The van der Waals surface area contributed by atoms with Crippen molar-refractivity contribution in [3.8, 4) is 11.4 Å². The van der Waals surface area contributed by atoms with E-state index in [1.54, 1.807) is 13.1 Å². The van der Waals surface area contributed by atoms with E-state index >= 15 is 0 Å². The van der Waals surface area contributed by atoms with Crippen LogP contribution in [0.4, 0.5) is 0 Å². The lowest BCUT2D eigenvalue weighted by molar-refractivity contribution is -0.139. The fraction of sp³-hybridized carbons (Fsp3) is 0.333. The summed E-state index contributed by atoms with van der Waals surface area (Å²) in [6, 6.07) is 5.79. The van der Waals surface area contributed by atoms with Gasteiger partial charge in [-0.15, -0.1) is 0 Å². The Morgan fingerprint density at radius 1 is 1.19 bits per heavy atom. The first-order valence-electron chi connectivity index (χ1n) is 6.79. The van der Waals surface area contributed by atoms with Crippen LogP contribution < -0.4 is 0 Å². The van der Waals surface area contributed by atoms with E-state index in [1.165, 1.54) is 17.3 Å². The second-order valence-electron chi connectivity index (χ2n) is 4.22. The zero-order chi connectivity index (χ0) is 15.1. The Labute approximate surface area is 128 Å². The van der Waals surface area contributed by atoms with Crippen molar-refractivity contribution in [2.75, 3.05) is 12.4 Å². The fourth-order valence-electron chi connectivity index (χ4n) is 1.66. The maximum atomic E-state index is 11.3. The van der Waals surface area contributed by atoms with Gasteiger partial charge in [-0.3, -0.25) is 9.78 Å². The molecule has 0 N–H and O–H groups in total. The van der Waals surface area contributed by atoms with Crippen molar-refractivity contribution in [2.45, 2.75) is 25.4 Å². The van der Waals surface area contributed by atoms with E-state index in [0.717, 1.165) is 17.8 Å². The van der Waals surface area contributed by atoms with Crippen LogP contribution in [0.25, 0.3) is 11.4 Å². The Bertz CT molecular complexity index is 602. The van der Waals surface area contributed by atoms with Gasteiger partial charge in [0.1, 0.15) is 0 Å². The monoisotopic (exact) mass is 303 g/mol. The summed E-state index contributed by atoms with van der Waals surface area (Å²) < 4.78 is 4.88. The van der Waals surface area contributed by atoms with Crippen molar-refractivity contribution in [1.29, 1.82) is 0 Å². The van der Waals surface area contributed by atoms with Gasteiger partial charge in [0, 0.05) is 12.4 Å². The van der Waals surface area contributed by atoms with Crippen LogP contribution in [0, 0.1) is 0 Å². The van der Waals surface area contributed by atoms with E-state index in [0.29, 0.717) is 11.8 Å². The summed E-state index contributed by atoms with van der Waals surface area (Å²) in [6.07, 6.45) is 4.48. The third kappa shape index (κ3) is 4.53. The van der Waals surface area contributed by atoms with Crippen molar-refractivity contribution >= 4 is 17.7 Å². The van der Waals surface area contributed by atoms with Gasteiger partial charge in [-0.2, -0.15) is 0 Å². The lowest BCUT2D eigenvalue weighted by atomic mass is 10.2. The number of pyridine rings is 1. The number of nitrogens with zero attached hydrogens (tertiary/aromatic N) is 3. The zero-order valence-electron chi connectivity index (χ0n) is 12.1. The van der Waals surface area contributed by atoms with Gasteiger partial charge in [0.15, 0.2) is 5.16 Å². The maximum absolute atomic E-state index is 11.3. The predicted molar refractivity (Wildman–Crippen MR) is 82.0 cm³/mol. The molecule has 110 valence electrons. The quantitative estimate of drug-likeness (QED) is 0.464. The van der Waals surface area contributed by atoms with E-state index in [4.69, 9.17) is 4.74 Å². The normalized spacial score (nSPS) is 10.4. The standard InChI is InChI=1S/C15H17N3O2S/c1-3-11-5-6-12(17-9-11)13-7-8-16-15(18-13)21-10-14(19)20-4-2/h5-9H,3-4,10H2,1-2H3. The Hall–Kier alpha value is -1.95. The van der Waals surface area contributed by atoms with Crippen molar-refractivity contribution in [2.24, 2.45) is 0 Å². The van der Waals surface area contributed by atoms with Crippen LogP contribution in [0.15, 0.2) is 35.7 Å². The predicted octanol–water partition coefficient (Wildman–Crippen LogP) is 2.76. The molecule has 0 aliphatic carbocycles. The average Bonchev–Trinajstić information content (AvgIpc) is 2.54. The molecular formula is C15H17N3O2S. The molecule has 0 amide bonds. The van der Waals surface area contributed by atoms with Crippen molar-refractivity contribution in [1.82, 2.24) is 15.0 Å². The van der Waals surface area contributed by atoms with E-state index in [-0.39, 0.29) is 11.7 Å². The van der Waals surface area contributed by atoms with Gasteiger partial charge in [-0.1, -0.05) is 24.8 Å². The minimum absolute atomic E-state index is 0.208. The molecule has 2 heterocycles. The Morgan fingerprint density at radius 3 is 2.71 bits per heavy atom. The molecule has 2 aromatic heterocycles. The summed E-state index contributed by atoms with van der Waals surface area (Å²) in [5.41, 5.74) is 2.73. The van der Waals surface area contributed by atoms with Crippen LogP contribution in [-0.4, -0.2) is 33.3 Å². The molecule has 0 spiro atoms. The Kier molecular flexibility index (Phi) is 5.68. The molecule has 6 heteroatoms. The minimum Gasteiger partial charge on any atom is -0.465 e. The summed E-state index contributed by atoms with van der Waals surface area (Å²) in [5, 5.41) is 0.543. The van der Waals surface area contributed by atoms with Gasteiger partial charge in [-0.05, 0) is 31.0 Å². The molecule has 0 aliphatic heterocycles. The van der Waals surface area contributed by atoms with E-state index in [2.05, 4.69) is 21.9 Å². The Morgan fingerprint density at radius 2 is 2.05 bits per heavy atom. The van der Waals surface area contributed by atoms with Gasteiger partial charge < -0.3 is 4.74 Å². The largest absolute Gasteiger partial charge is 0.465 e. The molecule has 0 radical (unpaired) electrons. The van der Waals surface area contributed by atoms with Gasteiger partial charge >= 0.3 is 5.97 Å². The first-order valence-corrected chi connectivity index (χ1v) is 7.78. The second kappa shape index (κ2) is 7.73. The van der Waals surface area contributed by atoms with Crippen LogP contribution in [0.1, 0.15) is 19.4 Å². The number of carbonyl (C=O) groups is 1. The lowest BCUT2D eigenvalue weighted by Crippen LogP contribution is -2.07. The van der Waals surface area contributed by atoms with E-state index < -0.39 is 0 Å². The van der Waals surface area contributed by atoms with Gasteiger partial charge in [0.05, 0.1) is 23.7 Å². The first-order chi connectivity index (χ1) is 10.2. The van der Waals surface area contributed by atoms with Gasteiger partial charge in [0.2, 0.25) is 0 Å². The van der Waals surface area contributed by atoms with Crippen LogP contribution >= 0.6 is 11.8 Å². The van der Waals surface area contributed by atoms with E-state index in [9.17, 15) is 4.79 Å². The highest BCUT2D eigenvalue weighted by atomic mass is 32.2. The summed E-state index contributed by atoms with van der Waals surface area (Å²) >= 11 is 1.26. The molecule has 0 aliphatic rings. The maximum Gasteiger partial charge on any atom is 0.316 e. The number of hydrogen-bond acceptors (Lipinski definition) is 6. The third-order valence-electron chi connectivity index (χ3n) is 2.75. The number of rotatable bonds is 6. The number of esters is 1. The fourth-order valence-corrected chi connectivity index (χ4v) is 2.29. The Balaban J connectivity index is 2.07. The molecule has 0 fully saturated rings. The lowest BCUT2D eigenvalue weighted by Gasteiger charge is -2.04. The average molecular weight is 303 g/mol. The zero-order valence-corrected chi connectivity index (χ0v) is 12.9. The number of thioether (sulfide) groups is 1. The molecule has 0 atom stereocenters. The third-order valence-corrected chi connectivity index (χ3v) is 3.59. The highest BCUT2D eigenvalue weighted by Crippen LogP contribution is 2.19. The highest BCUT2D eigenvalue weighted by Gasteiger charge is 2.07. The van der Waals surface area contributed by atoms with Gasteiger partial charge in [-0.25, -0.2) is 9.97 Å². The molecule has 5 nitrogen and oxygen atoms in total. The molecular weight excluding hydrogens is 286 g/mol. The molecule has 0 aromatic carbocycles. The topological polar surface area (TPSA) is 65.0 Å². The molecule has 0 saturated heterocycles. The number of aryl methyl sites for hydroxylation is 1.